The summed E-state index contributed by atoms with van der Waals surface area (Å²) in [7, 11) is -2.27. The van der Waals surface area contributed by atoms with Crippen molar-refractivity contribution in [2.75, 3.05) is 56.5 Å². The fourth-order valence-electron chi connectivity index (χ4n) is 4.63. The van der Waals surface area contributed by atoms with Crippen LogP contribution in [-0.2, 0) is 14.8 Å². The second-order valence-corrected chi connectivity index (χ2v) is 12.6. The van der Waals surface area contributed by atoms with E-state index < -0.39 is 32.5 Å². The Labute approximate surface area is 243 Å². The maximum absolute atomic E-state index is 13.7. The molecule has 11 nitrogen and oxygen atoms in total. The average molecular weight is 604 g/mol. The summed E-state index contributed by atoms with van der Waals surface area (Å²) in [6.45, 7) is 6.34. The van der Waals surface area contributed by atoms with E-state index in [1.165, 1.54) is 0 Å². The largest absolute Gasteiger partial charge is 0.402 e. The van der Waals surface area contributed by atoms with E-state index in [0.717, 1.165) is 48.3 Å². The van der Waals surface area contributed by atoms with E-state index in [2.05, 4.69) is 20.1 Å². The van der Waals surface area contributed by atoms with E-state index >= 15 is 0 Å². The number of rotatable bonds is 7. The Balaban J connectivity index is 1.62. The van der Waals surface area contributed by atoms with Crippen LogP contribution in [0.5, 0.6) is 0 Å². The van der Waals surface area contributed by atoms with Gasteiger partial charge in [0, 0.05) is 74.6 Å². The Hall–Kier alpha value is -3.88. The maximum atomic E-state index is 13.7. The number of carbonyl (C=O) groups is 2. The molecular formula is C28H35F2N7O4S. The number of nitrogens with two attached hydrogens (primary N) is 2. The number of amides is 2. The molecule has 2 aliphatic rings. The number of amidine groups is 1. The molecule has 1 fully saturated rings. The van der Waals surface area contributed by atoms with Crippen molar-refractivity contribution in [1.29, 1.82) is 0 Å². The molecule has 0 aromatic heterocycles. The van der Waals surface area contributed by atoms with Crippen LogP contribution in [0.25, 0.3) is 0 Å². The van der Waals surface area contributed by atoms with Gasteiger partial charge in [0.05, 0.1) is 16.1 Å². The summed E-state index contributed by atoms with van der Waals surface area (Å²) in [5.74, 6) is -3.76. The Morgan fingerprint density at radius 1 is 1.00 bits per heavy atom. The normalized spacial score (nSPS) is 17.6. The minimum atomic E-state index is -4.31. The molecule has 0 saturated carbocycles. The van der Waals surface area contributed by atoms with Gasteiger partial charge in [-0.2, -0.15) is 9.30 Å². The number of likely N-dealkylation sites (N-methyl/N-ethyl adjacent to an activating group) is 1. The standard InChI is InChI=1S/C28H35F2N7O4S/c1-17(2)27(38)33-25-15-20(36-10-8-35(3)9-11-36)4-5-22(25)28(39)34-26(32)23-16-37(7-6-24(23)31)42(40,41)21-13-18(29)12-19(30)14-21/h4-5,12-15,17H,6-11,16,31H2,1-3H3,(H,33,38)(H2,32,34,39). The molecule has 5 N–H and O–H groups in total. The van der Waals surface area contributed by atoms with Crippen LogP contribution in [0.3, 0.4) is 0 Å². The molecule has 2 amide bonds. The number of hydrogen-bond donors (Lipinski definition) is 3. The second-order valence-electron chi connectivity index (χ2n) is 10.7. The summed E-state index contributed by atoms with van der Waals surface area (Å²) in [6, 6.07) is 7.08. The van der Waals surface area contributed by atoms with E-state index in [4.69, 9.17) is 11.5 Å². The zero-order valence-corrected chi connectivity index (χ0v) is 24.5. The van der Waals surface area contributed by atoms with Crippen LogP contribution in [-0.4, -0.2) is 81.6 Å². The Morgan fingerprint density at radius 3 is 2.26 bits per heavy atom. The molecule has 2 aliphatic heterocycles. The van der Waals surface area contributed by atoms with E-state index in [1.54, 1.807) is 32.0 Å². The van der Waals surface area contributed by atoms with Gasteiger partial charge in [0.15, 0.2) is 0 Å². The van der Waals surface area contributed by atoms with Crippen molar-refractivity contribution >= 4 is 39.0 Å². The molecule has 2 heterocycles. The van der Waals surface area contributed by atoms with Gasteiger partial charge >= 0.3 is 0 Å². The van der Waals surface area contributed by atoms with E-state index in [0.29, 0.717) is 6.07 Å². The van der Waals surface area contributed by atoms with Gasteiger partial charge in [0.1, 0.15) is 17.5 Å². The lowest BCUT2D eigenvalue weighted by molar-refractivity contribution is -0.118. The number of nitrogens with one attached hydrogen (secondary N) is 1. The third-order valence-electron chi connectivity index (χ3n) is 7.24. The first-order valence-electron chi connectivity index (χ1n) is 13.5. The first-order chi connectivity index (χ1) is 19.8. The van der Waals surface area contributed by atoms with Crippen molar-refractivity contribution in [3.63, 3.8) is 0 Å². The summed E-state index contributed by atoms with van der Waals surface area (Å²) in [5, 5.41) is 2.80. The van der Waals surface area contributed by atoms with Gasteiger partial charge in [0.2, 0.25) is 15.9 Å². The zero-order chi connectivity index (χ0) is 30.8. The lowest BCUT2D eigenvalue weighted by Crippen LogP contribution is -2.44. The van der Waals surface area contributed by atoms with E-state index in [-0.39, 0.29) is 59.7 Å². The molecule has 42 heavy (non-hydrogen) atoms. The smallest absolute Gasteiger partial charge is 0.281 e. The first kappa shape index (κ1) is 31.1. The quantitative estimate of drug-likeness (QED) is 0.321. The highest BCUT2D eigenvalue weighted by atomic mass is 32.2. The second kappa shape index (κ2) is 12.5. The SMILES string of the molecule is CC(C)C(=O)Nc1cc(N2CCN(C)CC2)ccc1C(=O)N=C(N)C1=C(N)CCN(S(=O)(=O)c2cc(F)cc(F)c2)C1. The Kier molecular flexibility index (Phi) is 9.28. The highest BCUT2D eigenvalue weighted by Gasteiger charge is 2.31. The topological polar surface area (TPSA) is 154 Å². The van der Waals surface area contributed by atoms with Crippen LogP contribution in [0, 0.1) is 17.6 Å². The van der Waals surface area contributed by atoms with Gasteiger partial charge < -0.3 is 26.6 Å². The van der Waals surface area contributed by atoms with Gasteiger partial charge in [0.25, 0.3) is 5.91 Å². The molecule has 0 atom stereocenters. The molecule has 14 heteroatoms. The van der Waals surface area contributed by atoms with Gasteiger partial charge in [-0.15, -0.1) is 0 Å². The summed E-state index contributed by atoms with van der Waals surface area (Å²) in [5.41, 5.74) is 13.9. The van der Waals surface area contributed by atoms with Crippen LogP contribution in [0.2, 0.25) is 0 Å². The van der Waals surface area contributed by atoms with Gasteiger partial charge in [-0.05, 0) is 37.4 Å². The lowest BCUT2D eigenvalue weighted by atomic mass is 10.1. The number of aliphatic imine (C=N–C) groups is 1. The molecule has 2 aromatic carbocycles. The predicted octanol–water partition coefficient (Wildman–Crippen LogP) is 2.12. The van der Waals surface area contributed by atoms with Crippen molar-refractivity contribution in [2.45, 2.75) is 25.2 Å². The molecular weight excluding hydrogens is 568 g/mol. The molecule has 0 unspecified atom stereocenters. The molecule has 226 valence electrons. The highest BCUT2D eigenvalue weighted by Crippen LogP contribution is 2.28. The van der Waals surface area contributed by atoms with Gasteiger partial charge in [-0.1, -0.05) is 13.8 Å². The number of halogens is 2. The maximum Gasteiger partial charge on any atom is 0.281 e. The van der Waals surface area contributed by atoms with Gasteiger partial charge in [-0.25, -0.2) is 17.2 Å². The van der Waals surface area contributed by atoms with Crippen molar-refractivity contribution in [1.82, 2.24) is 9.21 Å². The summed E-state index contributed by atoms with van der Waals surface area (Å²) in [6.07, 6.45) is 0.0617. The van der Waals surface area contributed by atoms with Crippen LogP contribution in [0.4, 0.5) is 20.2 Å². The van der Waals surface area contributed by atoms with Crippen molar-refractivity contribution in [3.05, 3.63) is 64.9 Å². The Morgan fingerprint density at radius 2 is 1.64 bits per heavy atom. The molecule has 0 aliphatic carbocycles. The summed E-state index contributed by atoms with van der Waals surface area (Å²) < 4.78 is 54.7. The van der Waals surface area contributed by atoms with Crippen LogP contribution >= 0.6 is 0 Å². The van der Waals surface area contributed by atoms with E-state index in [1.807, 2.05) is 7.05 Å². The number of anilines is 2. The average Bonchev–Trinajstić information content (AvgIpc) is 2.92. The third-order valence-corrected chi connectivity index (χ3v) is 9.06. The molecule has 4 rings (SSSR count). The number of hydrogen-bond acceptors (Lipinski definition) is 7. The number of carbonyl (C=O) groups excluding carboxylic acids is 2. The van der Waals surface area contributed by atoms with Crippen molar-refractivity contribution in [2.24, 2.45) is 22.4 Å². The third kappa shape index (κ3) is 6.94. The van der Waals surface area contributed by atoms with Crippen LogP contribution in [0.1, 0.15) is 30.6 Å². The predicted molar refractivity (Wildman–Crippen MR) is 157 cm³/mol. The Bertz CT molecular complexity index is 1530. The van der Waals surface area contributed by atoms with Crippen molar-refractivity contribution < 1.29 is 26.8 Å². The molecule has 2 aromatic rings. The monoisotopic (exact) mass is 603 g/mol. The minimum absolute atomic E-state index is 0.0594. The number of piperazine rings is 1. The molecule has 0 bridgehead atoms. The van der Waals surface area contributed by atoms with Crippen LogP contribution < -0.4 is 21.7 Å². The minimum Gasteiger partial charge on any atom is -0.402 e. The van der Waals surface area contributed by atoms with Gasteiger partial charge in [-0.3, -0.25) is 9.59 Å². The fraction of sp³-hybridized carbons (Fsp3) is 0.393. The summed E-state index contributed by atoms with van der Waals surface area (Å²) in [4.78, 5) is 33.8. The number of benzene rings is 2. The lowest BCUT2D eigenvalue weighted by Gasteiger charge is -2.34. The van der Waals surface area contributed by atoms with Crippen LogP contribution in [0.15, 0.2) is 57.6 Å². The zero-order valence-electron chi connectivity index (χ0n) is 23.7. The summed E-state index contributed by atoms with van der Waals surface area (Å²) >= 11 is 0. The number of nitrogens with zero attached hydrogens (tertiary/aromatic N) is 4. The first-order valence-corrected chi connectivity index (χ1v) is 14.9. The number of sulfonamides is 1. The van der Waals surface area contributed by atoms with Crippen molar-refractivity contribution in [3.8, 4) is 0 Å². The molecule has 1 saturated heterocycles. The fourth-order valence-corrected chi connectivity index (χ4v) is 6.08. The highest BCUT2D eigenvalue weighted by molar-refractivity contribution is 7.89. The molecule has 0 radical (unpaired) electrons. The van der Waals surface area contributed by atoms with E-state index in [9.17, 15) is 26.8 Å². The molecule has 0 spiro atoms.